The van der Waals surface area contributed by atoms with Crippen LogP contribution in [0.4, 0.5) is 10.5 Å². The van der Waals surface area contributed by atoms with Crippen molar-refractivity contribution < 1.29 is 28.8 Å². The number of carbonyl (C=O) groups excluding carboxylic acids is 3. The number of pyridine rings is 1. The summed E-state index contributed by atoms with van der Waals surface area (Å²) in [6.07, 6.45) is 1.90. The number of ether oxygens (including phenoxy) is 2. The molecule has 11 heteroatoms. The van der Waals surface area contributed by atoms with Gasteiger partial charge in [0.2, 0.25) is 5.91 Å². The van der Waals surface area contributed by atoms with Crippen molar-refractivity contribution in [3.63, 3.8) is 0 Å². The van der Waals surface area contributed by atoms with Gasteiger partial charge in [0, 0.05) is 30.9 Å². The molecule has 0 unspecified atom stereocenters. The lowest BCUT2D eigenvalue weighted by Gasteiger charge is -2.17. The van der Waals surface area contributed by atoms with Gasteiger partial charge in [0.25, 0.3) is 5.69 Å². The van der Waals surface area contributed by atoms with Crippen LogP contribution in [0, 0.1) is 10.1 Å². The summed E-state index contributed by atoms with van der Waals surface area (Å²) in [4.78, 5) is 49.3. The number of amides is 2. The maximum Gasteiger partial charge on any atom is 0.408 e. The number of benzene rings is 1. The first-order chi connectivity index (χ1) is 13.8. The zero-order valence-corrected chi connectivity index (χ0v) is 15.1. The Bertz CT molecular complexity index is 872. The number of rotatable bonds is 9. The van der Waals surface area contributed by atoms with E-state index in [1.54, 1.807) is 12.1 Å². The predicted octanol–water partition coefficient (Wildman–Crippen LogP) is 1.46. The second kappa shape index (κ2) is 10.3. The Balaban J connectivity index is 1.97. The van der Waals surface area contributed by atoms with Gasteiger partial charge in [-0.05, 0) is 36.2 Å². The van der Waals surface area contributed by atoms with Gasteiger partial charge in [0.15, 0.2) is 0 Å². The minimum atomic E-state index is -1.21. The molecule has 1 atom stereocenters. The van der Waals surface area contributed by atoms with Crippen LogP contribution in [0.3, 0.4) is 0 Å². The van der Waals surface area contributed by atoms with Crippen molar-refractivity contribution in [3.05, 3.63) is 64.5 Å². The van der Waals surface area contributed by atoms with E-state index in [1.807, 2.05) is 0 Å². The third kappa shape index (κ3) is 7.25. The molecule has 0 bridgehead atoms. The third-order valence-electron chi connectivity index (χ3n) is 3.64. The molecule has 0 aliphatic carbocycles. The summed E-state index contributed by atoms with van der Waals surface area (Å²) in [6, 6.07) is 6.91. The van der Waals surface area contributed by atoms with Gasteiger partial charge in [0.1, 0.15) is 18.4 Å². The number of carbonyl (C=O) groups is 3. The molecule has 0 spiro atoms. The lowest BCUT2D eigenvalue weighted by molar-refractivity contribution is -0.384. The van der Waals surface area contributed by atoms with Gasteiger partial charge in [-0.1, -0.05) is 0 Å². The molecule has 0 fully saturated rings. The van der Waals surface area contributed by atoms with Crippen LogP contribution < -0.4 is 15.8 Å². The summed E-state index contributed by atoms with van der Waals surface area (Å²) in [6.45, 7) is -0.0473. The molecule has 1 aromatic carbocycles. The monoisotopic (exact) mass is 402 g/mol. The average molecular weight is 402 g/mol. The van der Waals surface area contributed by atoms with Gasteiger partial charge < -0.3 is 20.5 Å². The van der Waals surface area contributed by atoms with E-state index in [0.29, 0.717) is 5.56 Å². The Hall–Kier alpha value is -4.02. The van der Waals surface area contributed by atoms with Crippen LogP contribution in [0.1, 0.15) is 18.4 Å². The van der Waals surface area contributed by atoms with Crippen molar-refractivity contribution in [3.8, 4) is 5.75 Å². The van der Waals surface area contributed by atoms with Gasteiger partial charge in [-0.2, -0.15) is 0 Å². The smallest absolute Gasteiger partial charge is 0.408 e. The molecule has 152 valence electrons. The number of esters is 1. The highest BCUT2D eigenvalue weighted by molar-refractivity contribution is 5.84. The van der Waals surface area contributed by atoms with Crippen molar-refractivity contribution in [1.82, 2.24) is 10.3 Å². The molecule has 1 aromatic heterocycles. The van der Waals surface area contributed by atoms with E-state index >= 15 is 0 Å². The molecule has 1 heterocycles. The van der Waals surface area contributed by atoms with Crippen LogP contribution in [-0.2, 0) is 20.9 Å². The van der Waals surface area contributed by atoms with Gasteiger partial charge in [-0.3, -0.25) is 19.9 Å². The Kier molecular flexibility index (Phi) is 7.59. The molecule has 0 saturated heterocycles. The van der Waals surface area contributed by atoms with E-state index in [1.165, 1.54) is 24.5 Å². The quantitative estimate of drug-likeness (QED) is 0.275. The average Bonchev–Trinajstić information content (AvgIpc) is 2.70. The van der Waals surface area contributed by atoms with Gasteiger partial charge in [-0.15, -0.1) is 0 Å². The Morgan fingerprint density at radius 3 is 2.38 bits per heavy atom. The van der Waals surface area contributed by atoms with E-state index in [0.717, 1.165) is 12.1 Å². The molecule has 2 amide bonds. The molecule has 0 aliphatic heterocycles. The Labute approximate surface area is 165 Å². The number of nitro benzene ring substituents is 1. The zero-order valence-electron chi connectivity index (χ0n) is 15.1. The SMILES string of the molecule is NC(=O)CC[C@H](NC(=O)OCc1ccncc1)C(=O)Oc1ccc([N+](=O)[O-])cc1. The van der Waals surface area contributed by atoms with Crippen molar-refractivity contribution in [1.29, 1.82) is 0 Å². The second-order valence-electron chi connectivity index (χ2n) is 5.81. The van der Waals surface area contributed by atoms with Crippen molar-refractivity contribution in [2.24, 2.45) is 5.73 Å². The standard InChI is InChI=1S/C18H18N4O7/c19-16(23)6-5-15(21-18(25)28-11-12-7-9-20-10-8-12)17(24)29-14-3-1-13(2-4-14)22(26)27/h1-4,7-10,15H,5-6,11H2,(H2,19,23)(H,21,25)/t15-/m0/s1. The third-order valence-corrected chi connectivity index (χ3v) is 3.64. The Morgan fingerprint density at radius 1 is 1.14 bits per heavy atom. The fraction of sp³-hybridized carbons (Fsp3) is 0.222. The van der Waals surface area contributed by atoms with Gasteiger partial charge in [-0.25, -0.2) is 9.59 Å². The molecule has 0 saturated carbocycles. The van der Waals surface area contributed by atoms with Crippen LogP contribution in [0.2, 0.25) is 0 Å². The molecule has 0 radical (unpaired) electrons. The topological polar surface area (TPSA) is 164 Å². The fourth-order valence-electron chi connectivity index (χ4n) is 2.17. The summed E-state index contributed by atoms with van der Waals surface area (Å²) in [5, 5.41) is 13.0. The first-order valence-electron chi connectivity index (χ1n) is 8.42. The highest BCUT2D eigenvalue weighted by Crippen LogP contribution is 2.18. The minimum Gasteiger partial charge on any atom is -0.445 e. The number of alkyl carbamates (subject to hydrolysis) is 1. The first-order valence-corrected chi connectivity index (χ1v) is 8.42. The summed E-state index contributed by atoms with van der Waals surface area (Å²) >= 11 is 0. The van der Waals surface area contributed by atoms with E-state index in [-0.39, 0.29) is 30.9 Å². The molecular weight excluding hydrogens is 384 g/mol. The van der Waals surface area contributed by atoms with Crippen LogP contribution in [0.15, 0.2) is 48.8 Å². The predicted molar refractivity (Wildman–Crippen MR) is 98.5 cm³/mol. The summed E-state index contributed by atoms with van der Waals surface area (Å²) < 4.78 is 10.1. The Morgan fingerprint density at radius 2 is 1.79 bits per heavy atom. The van der Waals surface area contributed by atoms with Crippen molar-refractivity contribution >= 4 is 23.7 Å². The van der Waals surface area contributed by atoms with Crippen LogP contribution in [0.5, 0.6) is 5.75 Å². The zero-order chi connectivity index (χ0) is 21.2. The number of hydrogen-bond acceptors (Lipinski definition) is 8. The maximum atomic E-state index is 12.4. The van der Waals surface area contributed by atoms with Crippen LogP contribution in [0.25, 0.3) is 0 Å². The number of aromatic nitrogens is 1. The largest absolute Gasteiger partial charge is 0.445 e. The minimum absolute atomic E-state index is 0.0385. The molecule has 29 heavy (non-hydrogen) atoms. The van der Waals surface area contributed by atoms with Gasteiger partial charge >= 0.3 is 12.1 Å². The summed E-state index contributed by atoms with van der Waals surface area (Å²) in [5.74, 6) is -1.50. The highest BCUT2D eigenvalue weighted by atomic mass is 16.6. The molecule has 0 aliphatic rings. The molecule has 3 N–H and O–H groups in total. The van der Waals surface area contributed by atoms with E-state index in [4.69, 9.17) is 15.2 Å². The number of primary amides is 1. The van der Waals surface area contributed by atoms with Gasteiger partial charge in [0.05, 0.1) is 4.92 Å². The summed E-state index contributed by atoms with van der Waals surface area (Å²) in [5.41, 5.74) is 5.62. The lowest BCUT2D eigenvalue weighted by atomic mass is 10.1. The normalized spacial score (nSPS) is 11.2. The molecule has 11 nitrogen and oxygen atoms in total. The highest BCUT2D eigenvalue weighted by Gasteiger charge is 2.24. The maximum absolute atomic E-state index is 12.4. The number of hydrogen-bond donors (Lipinski definition) is 2. The van der Waals surface area contributed by atoms with Crippen molar-refractivity contribution in [2.45, 2.75) is 25.5 Å². The fourth-order valence-corrected chi connectivity index (χ4v) is 2.17. The number of nitro groups is 1. The molecule has 2 aromatic rings. The van der Waals surface area contributed by atoms with E-state index in [2.05, 4.69) is 10.3 Å². The molecule has 2 rings (SSSR count). The van der Waals surface area contributed by atoms with Crippen LogP contribution in [-0.4, -0.2) is 33.9 Å². The van der Waals surface area contributed by atoms with Crippen molar-refractivity contribution in [2.75, 3.05) is 0 Å². The van der Waals surface area contributed by atoms with E-state index in [9.17, 15) is 24.5 Å². The number of nitrogens with zero attached hydrogens (tertiary/aromatic N) is 2. The first kappa shape index (κ1) is 21.3. The number of nitrogens with two attached hydrogens (primary N) is 1. The van der Waals surface area contributed by atoms with E-state index < -0.39 is 28.9 Å². The molecular formula is C18H18N4O7. The number of non-ortho nitro benzene ring substituents is 1. The van der Waals surface area contributed by atoms with Crippen LogP contribution >= 0.6 is 0 Å². The summed E-state index contributed by atoms with van der Waals surface area (Å²) in [7, 11) is 0. The lowest BCUT2D eigenvalue weighted by Crippen LogP contribution is -2.43. The number of nitrogens with one attached hydrogen (secondary N) is 1. The second-order valence-corrected chi connectivity index (χ2v) is 5.81.